The Morgan fingerprint density at radius 1 is 1.10 bits per heavy atom. The van der Waals surface area contributed by atoms with E-state index in [1.165, 1.54) is 6.92 Å². The monoisotopic (exact) mass is 308 g/mol. The standard InChI is InChI=1S/C11H17F5O4/c1-3-7(11(14,15)16)5-9(20-18)8(6-19-17)10(12,13)4-2/h7,17-18H,3-6H2,1-2H3/b9-8-. The van der Waals surface area contributed by atoms with Gasteiger partial charge < -0.3 is 4.89 Å². The largest absolute Gasteiger partial charge is 0.392 e. The van der Waals surface area contributed by atoms with Crippen LogP contribution in [0.4, 0.5) is 22.0 Å². The van der Waals surface area contributed by atoms with E-state index >= 15 is 0 Å². The molecule has 0 aliphatic heterocycles. The van der Waals surface area contributed by atoms with E-state index < -0.39 is 48.8 Å². The van der Waals surface area contributed by atoms with Gasteiger partial charge in [-0.3, -0.25) is 5.26 Å². The van der Waals surface area contributed by atoms with E-state index in [2.05, 4.69) is 9.78 Å². The number of hydrogen-bond donors (Lipinski definition) is 2. The van der Waals surface area contributed by atoms with Crippen LogP contribution in [0.1, 0.15) is 33.1 Å². The van der Waals surface area contributed by atoms with Crippen LogP contribution in [-0.4, -0.2) is 29.2 Å². The van der Waals surface area contributed by atoms with Crippen LogP contribution in [0.3, 0.4) is 0 Å². The Morgan fingerprint density at radius 2 is 1.65 bits per heavy atom. The van der Waals surface area contributed by atoms with Gasteiger partial charge in [0, 0.05) is 12.8 Å². The summed E-state index contributed by atoms with van der Waals surface area (Å²) in [6.07, 6.45) is -6.71. The lowest BCUT2D eigenvalue weighted by Crippen LogP contribution is -2.27. The highest BCUT2D eigenvalue weighted by Crippen LogP contribution is 2.37. The van der Waals surface area contributed by atoms with Crippen LogP contribution in [0.25, 0.3) is 0 Å². The van der Waals surface area contributed by atoms with Gasteiger partial charge in [-0.05, 0) is 6.42 Å². The number of hydrogen-bond acceptors (Lipinski definition) is 4. The fourth-order valence-corrected chi connectivity index (χ4v) is 1.60. The summed E-state index contributed by atoms with van der Waals surface area (Å²) in [5, 5.41) is 16.9. The molecule has 0 aromatic rings. The number of rotatable bonds is 8. The van der Waals surface area contributed by atoms with Crippen LogP contribution in [-0.2, 0) is 9.78 Å². The van der Waals surface area contributed by atoms with Gasteiger partial charge in [0.2, 0.25) is 0 Å². The highest BCUT2D eigenvalue weighted by molar-refractivity contribution is 5.18. The maximum absolute atomic E-state index is 13.6. The Hall–Kier alpha value is -0.930. The number of halogens is 5. The molecule has 0 aromatic heterocycles. The first-order chi connectivity index (χ1) is 9.13. The molecule has 9 heteroatoms. The smallest absolute Gasteiger partial charge is 0.344 e. The Balaban J connectivity index is 5.48. The second-order valence-electron chi connectivity index (χ2n) is 4.18. The van der Waals surface area contributed by atoms with Crippen molar-refractivity contribution in [2.45, 2.75) is 45.2 Å². The Labute approximate surface area is 112 Å². The molecule has 4 nitrogen and oxygen atoms in total. The molecule has 0 saturated heterocycles. The van der Waals surface area contributed by atoms with Gasteiger partial charge in [0.05, 0.1) is 11.5 Å². The Kier molecular flexibility index (Phi) is 7.39. The first-order valence-electron chi connectivity index (χ1n) is 5.88. The van der Waals surface area contributed by atoms with Gasteiger partial charge in [0.1, 0.15) is 12.4 Å². The molecule has 0 saturated carbocycles. The first-order valence-corrected chi connectivity index (χ1v) is 5.88. The van der Waals surface area contributed by atoms with Gasteiger partial charge in [-0.15, -0.1) is 0 Å². The van der Waals surface area contributed by atoms with Crippen molar-refractivity contribution in [3.63, 3.8) is 0 Å². The minimum Gasteiger partial charge on any atom is -0.344 e. The second kappa shape index (κ2) is 7.75. The maximum Gasteiger partial charge on any atom is 0.392 e. The minimum absolute atomic E-state index is 0.374. The zero-order valence-electron chi connectivity index (χ0n) is 11.0. The highest BCUT2D eigenvalue weighted by atomic mass is 19.4. The van der Waals surface area contributed by atoms with Gasteiger partial charge in [0.25, 0.3) is 5.92 Å². The van der Waals surface area contributed by atoms with Crippen LogP contribution in [0.2, 0.25) is 0 Å². The van der Waals surface area contributed by atoms with Crippen LogP contribution in [0, 0.1) is 5.92 Å². The van der Waals surface area contributed by atoms with Gasteiger partial charge in [0.15, 0.2) is 0 Å². The third kappa shape index (κ3) is 5.22. The summed E-state index contributed by atoms with van der Waals surface area (Å²) in [7, 11) is 0. The van der Waals surface area contributed by atoms with Crippen molar-refractivity contribution in [1.29, 1.82) is 0 Å². The average molecular weight is 308 g/mol. The fourth-order valence-electron chi connectivity index (χ4n) is 1.60. The molecule has 0 rings (SSSR count). The first kappa shape index (κ1) is 19.1. The van der Waals surface area contributed by atoms with Gasteiger partial charge in [-0.25, -0.2) is 18.9 Å². The number of alkyl halides is 5. The van der Waals surface area contributed by atoms with Crippen LogP contribution < -0.4 is 0 Å². The molecule has 0 aliphatic rings. The van der Waals surface area contributed by atoms with Crippen molar-refractivity contribution in [1.82, 2.24) is 0 Å². The summed E-state index contributed by atoms with van der Waals surface area (Å²) in [6.45, 7) is 1.26. The van der Waals surface area contributed by atoms with Gasteiger partial charge >= 0.3 is 6.18 Å². The SMILES string of the molecule is CCC(C/C(OO)=C(\COO)C(F)(F)CC)C(F)(F)F. The molecule has 1 atom stereocenters. The van der Waals surface area contributed by atoms with Crippen molar-refractivity contribution < 1.29 is 42.2 Å². The third-order valence-electron chi connectivity index (χ3n) is 2.93. The predicted molar refractivity (Wildman–Crippen MR) is 59.0 cm³/mol. The molecule has 0 spiro atoms. The molecule has 120 valence electrons. The Bertz CT molecular complexity index is 327. The molecular formula is C11H17F5O4. The van der Waals surface area contributed by atoms with E-state index in [9.17, 15) is 22.0 Å². The zero-order valence-corrected chi connectivity index (χ0v) is 11.0. The van der Waals surface area contributed by atoms with Crippen molar-refractivity contribution in [3.8, 4) is 0 Å². The zero-order chi connectivity index (χ0) is 16.0. The summed E-state index contributed by atoms with van der Waals surface area (Å²) in [5.74, 6) is -6.47. The van der Waals surface area contributed by atoms with Crippen molar-refractivity contribution in [2.75, 3.05) is 6.61 Å². The van der Waals surface area contributed by atoms with Crippen molar-refractivity contribution >= 4 is 0 Å². The lowest BCUT2D eigenvalue weighted by atomic mass is 9.96. The minimum atomic E-state index is -4.62. The predicted octanol–water partition coefficient (Wildman–Crippen LogP) is 4.24. The lowest BCUT2D eigenvalue weighted by Gasteiger charge is -2.23. The highest BCUT2D eigenvalue weighted by Gasteiger charge is 2.42. The van der Waals surface area contributed by atoms with E-state index in [0.29, 0.717) is 0 Å². The van der Waals surface area contributed by atoms with Crippen LogP contribution in [0.5, 0.6) is 0 Å². The molecule has 0 aliphatic carbocycles. The van der Waals surface area contributed by atoms with E-state index in [1.807, 2.05) is 0 Å². The topological polar surface area (TPSA) is 58.9 Å². The quantitative estimate of drug-likeness (QED) is 0.305. The molecule has 0 amide bonds. The molecule has 20 heavy (non-hydrogen) atoms. The average Bonchev–Trinajstić information content (AvgIpc) is 2.36. The molecule has 0 radical (unpaired) electrons. The second-order valence-corrected chi connectivity index (χ2v) is 4.18. The summed E-state index contributed by atoms with van der Waals surface area (Å²) >= 11 is 0. The van der Waals surface area contributed by atoms with E-state index in [-0.39, 0.29) is 6.42 Å². The molecule has 0 aromatic carbocycles. The van der Waals surface area contributed by atoms with E-state index in [1.54, 1.807) is 0 Å². The fraction of sp³-hybridized carbons (Fsp3) is 0.818. The molecule has 2 N–H and O–H groups in total. The summed E-state index contributed by atoms with van der Waals surface area (Å²) in [5.41, 5.74) is -1.02. The summed E-state index contributed by atoms with van der Waals surface area (Å²) < 4.78 is 65.0. The Morgan fingerprint density at radius 3 is 1.95 bits per heavy atom. The van der Waals surface area contributed by atoms with Crippen LogP contribution in [0.15, 0.2) is 11.3 Å². The summed E-state index contributed by atoms with van der Waals surface area (Å²) in [4.78, 5) is 7.25. The normalized spacial score (nSPS) is 15.8. The molecule has 0 fully saturated rings. The molecule has 0 heterocycles. The summed E-state index contributed by atoms with van der Waals surface area (Å²) in [6, 6.07) is 0. The van der Waals surface area contributed by atoms with Gasteiger partial charge in [-0.1, -0.05) is 13.8 Å². The molecule has 0 bridgehead atoms. The number of allylic oxidation sites excluding steroid dienone is 1. The van der Waals surface area contributed by atoms with Gasteiger partial charge in [-0.2, -0.15) is 13.2 Å². The van der Waals surface area contributed by atoms with Crippen molar-refractivity contribution in [3.05, 3.63) is 11.3 Å². The third-order valence-corrected chi connectivity index (χ3v) is 2.93. The van der Waals surface area contributed by atoms with Crippen molar-refractivity contribution in [2.24, 2.45) is 5.92 Å². The lowest BCUT2D eigenvalue weighted by molar-refractivity contribution is -0.246. The van der Waals surface area contributed by atoms with E-state index in [0.717, 1.165) is 6.92 Å². The van der Waals surface area contributed by atoms with E-state index in [4.69, 9.17) is 10.5 Å². The molecular weight excluding hydrogens is 291 g/mol. The molecule has 1 unspecified atom stereocenters. The van der Waals surface area contributed by atoms with Crippen LogP contribution >= 0.6 is 0 Å². The maximum atomic E-state index is 13.6.